The van der Waals surface area contributed by atoms with Gasteiger partial charge in [0.15, 0.2) is 0 Å². The first-order valence-electron chi connectivity index (χ1n) is 6.64. The zero-order valence-electron chi connectivity index (χ0n) is 12.6. The van der Waals surface area contributed by atoms with Crippen molar-refractivity contribution in [1.29, 1.82) is 0 Å². The second-order valence-electron chi connectivity index (χ2n) is 4.54. The van der Waals surface area contributed by atoms with Gasteiger partial charge in [0, 0.05) is 30.6 Å². The lowest BCUT2D eigenvalue weighted by Gasteiger charge is -2.08. The number of ether oxygens (including phenoxy) is 2. The number of rotatable bonds is 6. The molecule has 0 unspecified atom stereocenters. The van der Waals surface area contributed by atoms with Crippen LogP contribution in [0.15, 0.2) is 36.5 Å². The maximum absolute atomic E-state index is 11.7. The van der Waals surface area contributed by atoms with Crippen LogP contribution in [0.1, 0.15) is 15.9 Å². The second kappa shape index (κ2) is 7.21. The molecule has 0 fully saturated rings. The summed E-state index contributed by atoms with van der Waals surface area (Å²) in [4.78, 5) is 26.1. The molecule has 23 heavy (non-hydrogen) atoms. The van der Waals surface area contributed by atoms with E-state index in [1.807, 2.05) is 6.07 Å². The number of benzene rings is 1. The number of nitro groups is 1. The summed E-state index contributed by atoms with van der Waals surface area (Å²) in [5.41, 5.74) is 1.06. The molecule has 0 amide bonds. The molecule has 1 aromatic carbocycles. The van der Waals surface area contributed by atoms with Gasteiger partial charge in [-0.15, -0.1) is 0 Å². The Labute approximate surface area is 132 Å². The molecule has 0 spiro atoms. The summed E-state index contributed by atoms with van der Waals surface area (Å²) in [5.74, 6) is -0.247. The van der Waals surface area contributed by atoms with Crippen LogP contribution in [0.5, 0.6) is 5.88 Å². The summed E-state index contributed by atoms with van der Waals surface area (Å²) < 4.78 is 9.55. The molecule has 1 N–H and O–H groups in total. The van der Waals surface area contributed by atoms with Crippen molar-refractivity contribution in [1.82, 2.24) is 4.98 Å². The van der Waals surface area contributed by atoms with E-state index in [0.29, 0.717) is 18.1 Å². The fourth-order valence-corrected chi connectivity index (χ4v) is 1.92. The van der Waals surface area contributed by atoms with Gasteiger partial charge in [0.2, 0.25) is 5.88 Å². The standard InChI is InChI=1S/C15H15N3O5/c1-22-14-6-3-10(9-17-14)8-16-11-4-5-13(18(20)21)12(7-11)15(19)23-2/h3-7,9,16H,8H2,1-2H3. The van der Waals surface area contributed by atoms with Gasteiger partial charge in [-0.25, -0.2) is 9.78 Å². The van der Waals surface area contributed by atoms with Gasteiger partial charge in [-0.1, -0.05) is 6.07 Å². The van der Waals surface area contributed by atoms with Crippen LogP contribution in [0.4, 0.5) is 11.4 Å². The number of esters is 1. The summed E-state index contributed by atoms with van der Waals surface area (Å²) in [5, 5.41) is 14.0. The number of nitrogens with one attached hydrogen (secondary N) is 1. The quantitative estimate of drug-likeness (QED) is 0.495. The Morgan fingerprint density at radius 3 is 2.65 bits per heavy atom. The van der Waals surface area contributed by atoms with Gasteiger partial charge in [0.1, 0.15) is 5.56 Å². The van der Waals surface area contributed by atoms with Crippen LogP contribution in [0.3, 0.4) is 0 Å². The van der Waals surface area contributed by atoms with Gasteiger partial charge < -0.3 is 14.8 Å². The number of pyridine rings is 1. The first-order valence-corrected chi connectivity index (χ1v) is 6.64. The smallest absolute Gasteiger partial charge is 0.344 e. The zero-order chi connectivity index (χ0) is 16.8. The van der Waals surface area contributed by atoms with Crippen LogP contribution in [0, 0.1) is 10.1 Å². The van der Waals surface area contributed by atoms with Crippen molar-refractivity contribution < 1.29 is 19.2 Å². The van der Waals surface area contributed by atoms with E-state index in [9.17, 15) is 14.9 Å². The lowest BCUT2D eigenvalue weighted by atomic mass is 10.1. The van der Waals surface area contributed by atoms with Crippen molar-refractivity contribution in [2.45, 2.75) is 6.54 Å². The Kier molecular flexibility index (Phi) is 5.08. The highest BCUT2D eigenvalue weighted by molar-refractivity contribution is 5.95. The number of hydrogen-bond donors (Lipinski definition) is 1. The predicted octanol–water partition coefficient (Wildman–Crippen LogP) is 2.40. The molecule has 1 aromatic heterocycles. The molecule has 0 saturated carbocycles. The maximum atomic E-state index is 11.7. The first-order chi connectivity index (χ1) is 11.0. The predicted molar refractivity (Wildman–Crippen MR) is 82.6 cm³/mol. The van der Waals surface area contributed by atoms with Crippen LogP contribution in [0.25, 0.3) is 0 Å². The lowest BCUT2D eigenvalue weighted by Crippen LogP contribution is -2.07. The maximum Gasteiger partial charge on any atom is 0.344 e. The minimum atomic E-state index is -0.758. The van der Waals surface area contributed by atoms with Crippen molar-refractivity contribution >= 4 is 17.3 Å². The summed E-state index contributed by atoms with van der Waals surface area (Å²) in [6.07, 6.45) is 1.65. The van der Waals surface area contributed by atoms with E-state index in [1.165, 1.54) is 32.4 Å². The van der Waals surface area contributed by atoms with Crippen molar-refractivity contribution in [2.24, 2.45) is 0 Å². The Hall–Kier alpha value is -3.16. The number of nitro benzene ring substituents is 1. The molecule has 0 aliphatic carbocycles. The molecule has 0 bridgehead atoms. The normalized spacial score (nSPS) is 10.0. The van der Waals surface area contributed by atoms with E-state index in [4.69, 9.17) is 4.74 Å². The Morgan fingerprint density at radius 2 is 2.09 bits per heavy atom. The van der Waals surface area contributed by atoms with E-state index in [0.717, 1.165) is 5.56 Å². The molecule has 0 aliphatic heterocycles. The van der Waals surface area contributed by atoms with Crippen LogP contribution >= 0.6 is 0 Å². The fourth-order valence-electron chi connectivity index (χ4n) is 1.92. The number of nitrogens with zero attached hydrogens (tertiary/aromatic N) is 2. The van der Waals surface area contributed by atoms with Gasteiger partial charge in [-0.3, -0.25) is 10.1 Å². The number of methoxy groups -OCH3 is 2. The Balaban J connectivity index is 2.16. The monoisotopic (exact) mass is 317 g/mol. The number of hydrogen-bond acceptors (Lipinski definition) is 7. The summed E-state index contributed by atoms with van der Waals surface area (Å²) in [6.45, 7) is 0.440. The molecular weight excluding hydrogens is 302 g/mol. The third-order valence-electron chi connectivity index (χ3n) is 3.10. The minimum absolute atomic E-state index is 0.102. The lowest BCUT2D eigenvalue weighted by molar-refractivity contribution is -0.385. The summed E-state index contributed by atoms with van der Waals surface area (Å²) >= 11 is 0. The molecule has 0 aliphatic rings. The largest absolute Gasteiger partial charge is 0.481 e. The van der Waals surface area contributed by atoms with E-state index in [2.05, 4.69) is 15.0 Å². The fraction of sp³-hybridized carbons (Fsp3) is 0.200. The third kappa shape index (κ3) is 3.94. The number of anilines is 1. The van der Waals surface area contributed by atoms with E-state index >= 15 is 0 Å². The average Bonchev–Trinajstić information content (AvgIpc) is 2.59. The Bertz CT molecular complexity index is 716. The van der Waals surface area contributed by atoms with Crippen LogP contribution in [-0.2, 0) is 11.3 Å². The molecule has 0 saturated heterocycles. The van der Waals surface area contributed by atoms with E-state index in [-0.39, 0.29) is 11.3 Å². The highest BCUT2D eigenvalue weighted by Gasteiger charge is 2.21. The van der Waals surface area contributed by atoms with Gasteiger partial charge >= 0.3 is 5.97 Å². The van der Waals surface area contributed by atoms with Crippen LogP contribution in [0.2, 0.25) is 0 Å². The first kappa shape index (κ1) is 16.2. The van der Waals surface area contributed by atoms with Gasteiger partial charge in [0.05, 0.1) is 19.1 Å². The molecule has 0 atom stereocenters. The van der Waals surface area contributed by atoms with Crippen molar-refractivity contribution in [3.05, 3.63) is 57.8 Å². The topological polar surface area (TPSA) is 104 Å². The summed E-state index contributed by atoms with van der Waals surface area (Å²) in [6, 6.07) is 7.75. The highest BCUT2D eigenvalue weighted by atomic mass is 16.6. The Morgan fingerprint density at radius 1 is 1.30 bits per heavy atom. The number of carbonyl (C=O) groups excluding carboxylic acids is 1. The van der Waals surface area contributed by atoms with Gasteiger partial charge in [-0.2, -0.15) is 0 Å². The minimum Gasteiger partial charge on any atom is -0.481 e. The van der Waals surface area contributed by atoms with Crippen molar-refractivity contribution in [3.8, 4) is 5.88 Å². The average molecular weight is 317 g/mol. The zero-order valence-corrected chi connectivity index (χ0v) is 12.6. The SMILES string of the molecule is COC(=O)c1cc(NCc2ccc(OC)nc2)ccc1[N+](=O)[O-]. The highest BCUT2D eigenvalue weighted by Crippen LogP contribution is 2.24. The number of carbonyl (C=O) groups is 1. The third-order valence-corrected chi connectivity index (χ3v) is 3.10. The van der Waals surface area contributed by atoms with E-state index in [1.54, 1.807) is 12.3 Å². The summed E-state index contributed by atoms with van der Waals surface area (Å²) in [7, 11) is 2.71. The molecule has 2 rings (SSSR count). The number of aromatic nitrogens is 1. The molecule has 0 radical (unpaired) electrons. The van der Waals surface area contributed by atoms with Crippen LogP contribution < -0.4 is 10.1 Å². The van der Waals surface area contributed by atoms with E-state index < -0.39 is 10.9 Å². The molecule has 8 heteroatoms. The molecule has 120 valence electrons. The molecule has 1 heterocycles. The van der Waals surface area contributed by atoms with Gasteiger partial charge in [-0.05, 0) is 17.7 Å². The molecular formula is C15H15N3O5. The van der Waals surface area contributed by atoms with Crippen molar-refractivity contribution in [2.75, 3.05) is 19.5 Å². The van der Waals surface area contributed by atoms with Gasteiger partial charge in [0.25, 0.3) is 5.69 Å². The van der Waals surface area contributed by atoms with Crippen molar-refractivity contribution in [3.63, 3.8) is 0 Å². The second-order valence-corrected chi connectivity index (χ2v) is 4.54. The molecule has 8 nitrogen and oxygen atoms in total. The molecule has 2 aromatic rings. The van der Waals surface area contributed by atoms with Crippen LogP contribution in [-0.4, -0.2) is 30.1 Å².